The van der Waals surface area contributed by atoms with Crippen molar-refractivity contribution in [3.63, 3.8) is 0 Å². The van der Waals surface area contributed by atoms with Crippen molar-refractivity contribution in [3.8, 4) is 5.88 Å². The highest BCUT2D eigenvalue weighted by Crippen LogP contribution is 2.22. The van der Waals surface area contributed by atoms with Gasteiger partial charge in [0.2, 0.25) is 5.88 Å². The number of hydrogen-bond acceptors (Lipinski definition) is 5. The summed E-state index contributed by atoms with van der Waals surface area (Å²) in [5.74, 6) is 2.55. The number of nitrogens with one attached hydrogen (secondary N) is 1. The molecule has 1 aromatic rings. The van der Waals surface area contributed by atoms with E-state index in [1.54, 1.807) is 18.3 Å². The van der Waals surface area contributed by atoms with Crippen LogP contribution in [0.5, 0.6) is 5.88 Å². The maximum Gasteiger partial charge on any atom is 0.251 e. The van der Waals surface area contributed by atoms with Gasteiger partial charge in [0.15, 0.2) is 0 Å². The summed E-state index contributed by atoms with van der Waals surface area (Å²) in [4.78, 5) is 16.3. The topological polar surface area (TPSA) is 60.5 Å². The summed E-state index contributed by atoms with van der Waals surface area (Å²) in [5.41, 5.74) is 0.584. The van der Waals surface area contributed by atoms with E-state index in [4.69, 9.17) is 9.47 Å². The lowest BCUT2D eigenvalue weighted by Crippen LogP contribution is -2.25. The van der Waals surface area contributed by atoms with Gasteiger partial charge in [-0.25, -0.2) is 4.98 Å². The highest BCUT2D eigenvalue weighted by atomic mass is 32.2. The normalized spacial score (nSPS) is 17.7. The Morgan fingerprint density at radius 3 is 3.14 bits per heavy atom. The first-order chi connectivity index (χ1) is 10.6. The summed E-state index contributed by atoms with van der Waals surface area (Å²) >= 11 is 1.89. The molecule has 1 unspecified atom stereocenters. The predicted octanol–water partition coefficient (Wildman–Crippen LogP) is 2.51. The van der Waals surface area contributed by atoms with Crippen molar-refractivity contribution < 1.29 is 14.3 Å². The molecule has 0 bridgehead atoms. The molecule has 0 radical (unpaired) electrons. The van der Waals surface area contributed by atoms with Gasteiger partial charge in [0, 0.05) is 36.7 Å². The number of pyridine rings is 1. The molecule has 1 amide bonds. The summed E-state index contributed by atoms with van der Waals surface area (Å²) in [7, 11) is 0. The van der Waals surface area contributed by atoms with E-state index in [0.717, 1.165) is 24.3 Å². The molecule has 2 rings (SSSR count). The third-order valence-corrected chi connectivity index (χ3v) is 4.36. The molecule has 5 nitrogen and oxygen atoms in total. The monoisotopic (exact) mass is 324 g/mol. The van der Waals surface area contributed by atoms with E-state index >= 15 is 0 Å². The van der Waals surface area contributed by atoms with Crippen LogP contribution in [0.25, 0.3) is 0 Å². The maximum atomic E-state index is 12.1. The highest BCUT2D eigenvalue weighted by molar-refractivity contribution is 7.99. The lowest BCUT2D eigenvalue weighted by Gasteiger charge is -2.12. The van der Waals surface area contributed by atoms with Crippen molar-refractivity contribution in [1.29, 1.82) is 0 Å². The SMILES string of the molecule is CC(C)OCCCNC(=O)c1ccnc(OC2CCSC2)c1. The van der Waals surface area contributed by atoms with E-state index in [2.05, 4.69) is 10.3 Å². The minimum atomic E-state index is -0.0995. The first kappa shape index (κ1) is 17.1. The molecule has 0 aromatic carbocycles. The second-order valence-corrected chi connectivity index (χ2v) is 6.67. The van der Waals surface area contributed by atoms with Crippen molar-refractivity contribution >= 4 is 17.7 Å². The lowest BCUT2D eigenvalue weighted by molar-refractivity contribution is 0.0757. The van der Waals surface area contributed by atoms with Crippen LogP contribution in [0.4, 0.5) is 0 Å². The first-order valence-corrected chi connectivity index (χ1v) is 8.91. The Labute approximate surface area is 136 Å². The molecular weight excluding hydrogens is 300 g/mol. The predicted molar refractivity (Wildman–Crippen MR) is 88.6 cm³/mol. The fourth-order valence-electron chi connectivity index (χ4n) is 2.09. The third-order valence-electron chi connectivity index (χ3n) is 3.23. The Kier molecular flexibility index (Phi) is 6.99. The van der Waals surface area contributed by atoms with Crippen molar-refractivity contribution in [1.82, 2.24) is 10.3 Å². The standard InChI is InChI=1S/C16H24N2O3S/c1-12(2)20-8-3-6-18-16(19)13-4-7-17-15(10-13)21-14-5-9-22-11-14/h4,7,10,12,14H,3,5-6,8-9,11H2,1-2H3,(H,18,19). The van der Waals surface area contributed by atoms with Gasteiger partial charge in [0.1, 0.15) is 6.10 Å². The second kappa shape index (κ2) is 9.00. The molecule has 0 spiro atoms. The Hall–Kier alpha value is -1.27. The summed E-state index contributed by atoms with van der Waals surface area (Å²) in [6.45, 7) is 5.26. The number of hydrogen-bond donors (Lipinski definition) is 1. The summed E-state index contributed by atoms with van der Waals surface area (Å²) < 4.78 is 11.2. The second-order valence-electron chi connectivity index (χ2n) is 5.52. The maximum absolute atomic E-state index is 12.1. The van der Waals surface area contributed by atoms with Gasteiger partial charge >= 0.3 is 0 Å². The lowest BCUT2D eigenvalue weighted by atomic mass is 10.2. The number of thioether (sulfide) groups is 1. The summed E-state index contributed by atoms with van der Waals surface area (Å²) in [6, 6.07) is 3.42. The number of aromatic nitrogens is 1. The van der Waals surface area contributed by atoms with Gasteiger partial charge in [-0.15, -0.1) is 0 Å². The average molecular weight is 324 g/mol. The van der Waals surface area contributed by atoms with Crippen LogP contribution in [0.2, 0.25) is 0 Å². The van der Waals surface area contributed by atoms with Crippen LogP contribution in [-0.2, 0) is 4.74 Å². The van der Waals surface area contributed by atoms with Crippen molar-refractivity contribution in [2.45, 2.75) is 38.9 Å². The quantitative estimate of drug-likeness (QED) is 0.745. The number of carbonyl (C=O) groups excluding carboxylic acids is 1. The van der Waals surface area contributed by atoms with Gasteiger partial charge in [-0.05, 0) is 38.5 Å². The molecule has 122 valence electrons. The zero-order chi connectivity index (χ0) is 15.8. The molecule has 1 aliphatic heterocycles. The minimum absolute atomic E-state index is 0.0995. The van der Waals surface area contributed by atoms with Gasteiger partial charge in [0.05, 0.1) is 6.10 Å². The minimum Gasteiger partial charge on any atom is -0.473 e. The largest absolute Gasteiger partial charge is 0.473 e. The first-order valence-electron chi connectivity index (χ1n) is 7.75. The van der Waals surface area contributed by atoms with E-state index in [1.807, 2.05) is 25.6 Å². The number of amides is 1. The highest BCUT2D eigenvalue weighted by Gasteiger charge is 2.18. The van der Waals surface area contributed by atoms with Crippen molar-refractivity contribution in [3.05, 3.63) is 23.9 Å². The molecule has 0 aliphatic carbocycles. The number of carbonyl (C=O) groups is 1. The molecule has 6 heteroatoms. The Bertz CT molecular complexity index is 476. The molecule has 0 saturated carbocycles. The summed E-state index contributed by atoms with van der Waals surface area (Å²) in [6.07, 6.45) is 3.90. The van der Waals surface area contributed by atoms with Crippen LogP contribution >= 0.6 is 11.8 Å². The zero-order valence-corrected chi connectivity index (χ0v) is 14.0. The smallest absolute Gasteiger partial charge is 0.251 e. The van der Waals surface area contributed by atoms with E-state index in [0.29, 0.717) is 24.6 Å². The third kappa shape index (κ3) is 5.85. The Balaban J connectivity index is 1.76. The van der Waals surface area contributed by atoms with Crippen LogP contribution in [0.3, 0.4) is 0 Å². The van der Waals surface area contributed by atoms with Gasteiger partial charge in [-0.2, -0.15) is 11.8 Å². The van der Waals surface area contributed by atoms with Gasteiger partial charge in [-0.3, -0.25) is 4.79 Å². The Morgan fingerprint density at radius 2 is 2.41 bits per heavy atom. The molecule has 1 aliphatic rings. The fraction of sp³-hybridized carbons (Fsp3) is 0.625. The molecule has 1 aromatic heterocycles. The van der Waals surface area contributed by atoms with E-state index in [1.165, 1.54) is 0 Å². The van der Waals surface area contributed by atoms with Crippen LogP contribution in [0.15, 0.2) is 18.3 Å². The zero-order valence-electron chi connectivity index (χ0n) is 13.2. The van der Waals surface area contributed by atoms with E-state index in [-0.39, 0.29) is 18.1 Å². The van der Waals surface area contributed by atoms with Crippen LogP contribution in [-0.4, -0.2) is 47.8 Å². The van der Waals surface area contributed by atoms with Gasteiger partial charge in [-0.1, -0.05) is 0 Å². The fourth-order valence-corrected chi connectivity index (χ4v) is 3.18. The van der Waals surface area contributed by atoms with E-state index in [9.17, 15) is 4.79 Å². The summed E-state index contributed by atoms with van der Waals surface area (Å²) in [5, 5.41) is 2.89. The van der Waals surface area contributed by atoms with Crippen molar-refractivity contribution in [2.24, 2.45) is 0 Å². The number of nitrogens with zero attached hydrogens (tertiary/aromatic N) is 1. The van der Waals surface area contributed by atoms with Gasteiger partial charge in [0.25, 0.3) is 5.91 Å². The van der Waals surface area contributed by atoms with Crippen LogP contribution in [0.1, 0.15) is 37.0 Å². The molecule has 1 saturated heterocycles. The average Bonchev–Trinajstić information content (AvgIpc) is 2.99. The number of ether oxygens (including phenoxy) is 2. The molecule has 22 heavy (non-hydrogen) atoms. The van der Waals surface area contributed by atoms with E-state index < -0.39 is 0 Å². The molecule has 1 N–H and O–H groups in total. The van der Waals surface area contributed by atoms with Gasteiger partial charge < -0.3 is 14.8 Å². The number of rotatable bonds is 8. The molecule has 2 heterocycles. The van der Waals surface area contributed by atoms with Crippen LogP contribution < -0.4 is 10.1 Å². The molecule has 1 fully saturated rings. The molecular formula is C16H24N2O3S. The van der Waals surface area contributed by atoms with Crippen molar-refractivity contribution in [2.75, 3.05) is 24.7 Å². The molecule has 1 atom stereocenters. The van der Waals surface area contributed by atoms with Crippen LogP contribution in [0, 0.1) is 0 Å². The Morgan fingerprint density at radius 1 is 1.55 bits per heavy atom.